The van der Waals surface area contributed by atoms with Crippen molar-refractivity contribution in [1.82, 2.24) is 10.7 Å². The minimum atomic E-state index is 0.522. The number of hydrogen-bond donors (Lipinski definition) is 3. The number of hydrazine groups is 1. The van der Waals surface area contributed by atoms with Crippen LogP contribution in [0.25, 0.3) is 5.70 Å². The normalized spacial score (nSPS) is 9.00. The lowest BCUT2D eigenvalue weighted by Crippen LogP contribution is -2.29. The fourth-order valence-corrected chi connectivity index (χ4v) is 0.930. The van der Waals surface area contributed by atoms with E-state index in [9.17, 15) is 0 Å². The van der Waals surface area contributed by atoms with Crippen LogP contribution in [0, 0.1) is 0 Å². The largest absolute Gasteiger partial charge is 0.342 e. The van der Waals surface area contributed by atoms with Crippen molar-refractivity contribution in [1.29, 1.82) is 0 Å². The Balaban J connectivity index is 2.65. The zero-order valence-electron chi connectivity index (χ0n) is 7.38. The van der Waals surface area contributed by atoms with Crippen LogP contribution >= 0.6 is 0 Å². The van der Waals surface area contributed by atoms with Crippen molar-refractivity contribution in [3.8, 4) is 0 Å². The molecule has 0 heterocycles. The topological polar surface area (TPSA) is 50.1 Å². The van der Waals surface area contributed by atoms with Crippen LogP contribution in [0.3, 0.4) is 0 Å². The molecule has 0 aromatic heterocycles. The molecule has 0 fully saturated rings. The first-order valence-corrected chi connectivity index (χ1v) is 3.91. The quantitative estimate of drug-likeness (QED) is 0.476. The van der Waals surface area contributed by atoms with Crippen molar-refractivity contribution in [2.45, 2.75) is 0 Å². The Labute approximate surface area is 77.9 Å². The molecule has 0 bridgehead atoms. The van der Waals surface area contributed by atoms with Crippen LogP contribution < -0.4 is 16.6 Å². The molecule has 4 N–H and O–H groups in total. The summed E-state index contributed by atoms with van der Waals surface area (Å²) in [7, 11) is 0. The van der Waals surface area contributed by atoms with E-state index in [1.165, 1.54) is 0 Å². The van der Waals surface area contributed by atoms with Gasteiger partial charge >= 0.3 is 0 Å². The first kappa shape index (κ1) is 9.35. The second-order valence-corrected chi connectivity index (χ2v) is 2.59. The monoisotopic (exact) mass is 175 g/mol. The maximum atomic E-state index is 5.15. The summed E-state index contributed by atoms with van der Waals surface area (Å²) in [5.41, 5.74) is 4.18. The van der Waals surface area contributed by atoms with Gasteiger partial charge in [0, 0.05) is 5.70 Å². The molecule has 13 heavy (non-hydrogen) atoms. The molecule has 3 heteroatoms. The lowest BCUT2D eigenvalue weighted by atomic mass is 10.2. The van der Waals surface area contributed by atoms with Crippen molar-refractivity contribution in [3.05, 3.63) is 54.9 Å². The fourth-order valence-electron chi connectivity index (χ4n) is 0.930. The molecule has 3 nitrogen and oxygen atoms in total. The summed E-state index contributed by atoms with van der Waals surface area (Å²) < 4.78 is 0. The third-order valence-electron chi connectivity index (χ3n) is 1.60. The Morgan fingerprint density at radius 1 is 1.15 bits per heavy atom. The zero-order chi connectivity index (χ0) is 9.68. The Morgan fingerprint density at radius 3 is 2.31 bits per heavy atom. The smallest absolute Gasteiger partial charge is 0.110 e. The van der Waals surface area contributed by atoms with Crippen LogP contribution in [0.2, 0.25) is 0 Å². The molecule has 68 valence electrons. The maximum Gasteiger partial charge on any atom is 0.110 e. The molecular formula is C10H13N3. The van der Waals surface area contributed by atoms with Gasteiger partial charge in [0.25, 0.3) is 0 Å². The molecule has 0 radical (unpaired) electrons. The summed E-state index contributed by atoms with van der Waals surface area (Å²) in [4.78, 5) is 0. The number of hydrogen-bond acceptors (Lipinski definition) is 3. The average Bonchev–Trinajstić information content (AvgIpc) is 2.19. The summed E-state index contributed by atoms with van der Waals surface area (Å²) in [5.74, 6) is 5.67. The second-order valence-electron chi connectivity index (χ2n) is 2.59. The van der Waals surface area contributed by atoms with E-state index in [0.717, 1.165) is 11.3 Å². The van der Waals surface area contributed by atoms with E-state index in [4.69, 9.17) is 5.84 Å². The third kappa shape index (κ3) is 2.65. The van der Waals surface area contributed by atoms with Gasteiger partial charge in [0.05, 0.1) is 0 Å². The van der Waals surface area contributed by atoms with E-state index < -0.39 is 0 Å². The Morgan fingerprint density at radius 2 is 1.77 bits per heavy atom. The second kappa shape index (κ2) is 4.33. The van der Waals surface area contributed by atoms with Gasteiger partial charge in [-0.05, 0) is 5.56 Å². The summed E-state index contributed by atoms with van der Waals surface area (Å²) in [6.07, 6.45) is 0. The van der Waals surface area contributed by atoms with E-state index in [1.54, 1.807) is 0 Å². The van der Waals surface area contributed by atoms with Crippen LogP contribution in [0.1, 0.15) is 5.56 Å². The molecule has 1 rings (SSSR count). The van der Waals surface area contributed by atoms with Gasteiger partial charge in [-0.25, -0.2) is 5.84 Å². The molecule has 0 unspecified atom stereocenters. The Bertz CT molecular complexity index is 303. The molecule has 1 aromatic rings. The van der Waals surface area contributed by atoms with E-state index in [0.29, 0.717) is 5.82 Å². The van der Waals surface area contributed by atoms with E-state index in [1.807, 2.05) is 30.3 Å². The highest BCUT2D eigenvalue weighted by molar-refractivity contribution is 5.62. The first-order valence-electron chi connectivity index (χ1n) is 3.91. The van der Waals surface area contributed by atoms with E-state index in [2.05, 4.69) is 23.9 Å². The molecule has 0 aliphatic heterocycles. The Hall–Kier alpha value is -1.74. The number of benzene rings is 1. The van der Waals surface area contributed by atoms with Gasteiger partial charge in [-0.1, -0.05) is 43.5 Å². The van der Waals surface area contributed by atoms with Gasteiger partial charge in [0.15, 0.2) is 0 Å². The molecule has 0 spiro atoms. The van der Waals surface area contributed by atoms with Crippen molar-refractivity contribution >= 4 is 5.70 Å². The molecule has 0 aliphatic rings. The highest BCUT2D eigenvalue weighted by atomic mass is 15.3. The van der Waals surface area contributed by atoms with Crippen LogP contribution in [0.15, 0.2) is 49.3 Å². The minimum absolute atomic E-state index is 0.522. The molecule has 0 saturated heterocycles. The predicted octanol–water partition coefficient (Wildman–Crippen LogP) is 1.18. The standard InChI is InChI=1S/C10H13N3/c1-8(12-9(2)13-11)10-6-4-3-5-7-10/h3-7,12-13H,1-2,11H2. The molecule has 1 aromatic carbocycles. The number of nitrogens with one attached hydrogen (secondary N) is 2. The summed E-state index contributed by atoms with van der Waals surface area (Å²) in [5, 5.41) is 2.92. The highest BCUT2D eigenvalue weighted by Crippen LogP contribution is 2.08. The van der Waals surface area contributed by atoms with E-state index in [-0.39, 0.29) is 0 Å². The van der Waals surface area contributed by atoms with Gasteiger partial charge in [-0.3, -0.25) is 0 Å². The summed E-state index contributed by atoms with van der Waals surface area (Å²) in [6, 6.07) is 9.76. The molecular weight excluding hydrogens is 162 g/mol. The van der Waals surface area contributed by atoms with Crippen LogP contribution in [0.5, 0.6) is 0 Å². The molecule has 0 atom stereocenters. The van der Waals surface area contributed by atoms with Gasteiger partial charge in [-0.2, -0.15) is 0 Å². The minimum Gasteiger partial charge on any atom is -0.342 e. The average molecular weight is 175 g/mol. The van der Waals surface area contributed by atoms with Crippen molar-refractivity contribution in [2.24, 2.45) is 5.84 Å². The summed E-state index contributed by atoms with van der Waals surface area (Å²) in [6.45, 7) is 7.48. The van der Waals surface area contributed by atoms with Crippen molar-refractivity contribution in [2.75, 3.05) is 0 Å². The van der Waals surface area contributed by atoms with Gasteiger partial charge in [0.2, 0.25) is 0 Å². The molecule has 0 amide bonds. The fraction of sp³-hybridized carbons (Fsp3) is 0. The van der Waals surface area contributed by atoms with Gasteiger partial charge < -0.3 is 10.7 Å². The van der Waals surface area contributed by atoms with Crippen LogP contribution in [0.4, 0.5) is 0 Å². The highest BCUT2D eigenvalue weighted by Gasteiger charge is 1.96. The Kier molecular flexibility index (Phi) is 3.11. The van der Waals surface area contributed by atoms with Crippen molar-refractivity contribution in [3.63, 3.8) is 0 Å². The zero-order valence-corrected chi connectivity index (χ0v) is 7.38. The summed E-state index contributed by atoms with van der Waals surface area (Å²) >= 11 is 0. The van der Waals surface area contributed by atoms with Gasteiger partial charge in [-0.15, -0.1) is 0 Å². The van der Waals surface area contributed by atoms with E-state index >= 15 is 0 Å². The molecule has 0 aliphatic carbocycles. The lowest BCUT2D eigenvalue weighted by Gasteiger charge is -2.10. The number of rotatable bonds is 4. The van der Waals surface area contributed by atoms with Gasteiger partial charge in [0.1, 0.15) is 5.82 Å². The number of nitrogens with two attached hydrogens (primary N) is 1. The predicted molar refractivity (Wildman–Crippen MR) is 55.1 cm³/mol. The SMILES string of the molecule is C=C(NN)NC(=C)c1ccccc1. The third-order valence-corrected chi connectivity index (χ3v) is 1.60. The van der Waals surface area contributed by atoms with Crippen molar-refractivity contribution < 1.29 is 0 Å². The lowest BCUT2D eigenvalue weighted by molar-refractivity contribution is 0.819. The van der Waals surface area contributed by atoms with Crippen LogP contribution in [-0.2, 0) is 0 Å². The maximum absolute atomic E-state index is 5.15. The molecule has 0 saturated carbocycles. The first-order chi connectivity index (χ1) is 6.24. The van der Waals surface area contributed by atoms with Crippen LogP contribution in [-0.4, -0.2) is 0 Å².